The molecular formula is C29H38F6N4O7. The largest absolute Gasteiger partial charge is 0.496 e. The van der Waals surface area contributed by atoms with Gasteiger partial charge in [0.2, 0.25) is 5.91 Å². The molecule has 1 aliphatic heterocycles. The second-order valence-corrected chi connectivity index (χ2v) is 10.4. The minimum atomic E-state index is -5.08. The fraction of sp³-hybridized carbons (Fsp3) is 0.552. The molecular weight excluding hydrogens is 630 g/mol. The molecule has 1 amide bonds. The summed E-state index contributed by atoms with van der Waals surface area (Å²) < 4.78 is 69.0. The minimum absolute atomic E-state index is 0.0510. The van der Waals surface area contributed by atoms with Crippen molar-refractivity contribution in [3.8, 4) is 17.0 Å². The second kappa shape index (κ2) is 18.7. The highest BCUT2D eigenvalue weighted by Crippen LogP contribution is 2.30. The number of amides is 1. The number of H-pyrrole nitrogens is 1. The number of aromatic amines is 1. The highest BCUT2D eigenvalue weighted by Gasteiger charge is 2.39. The monoisotopic (exact) mass is 668 g/mol. The van der Waals surface area contributed by atoms with Crippen LogP contribution >= 0.6 is 0 Å². The summed E-state index contributed by atoms with van der Waals surface area (Å²) in [6, 6.07) is 7.63. The van der Waals surface area contributed by atoms with E-state index in [1.54, 1.807) is 20.2 Å². The van der Waals surface area contributed by atoms with Gasteiger partial charge in [-0.3, -0.25) is 4.79 Å². The van der Waals surface area contributed by atoms with Crippen LogP contribution in [0, 0.1) is 5.92 Å². The zero-order valence-corrected chi connectivity index (χ0v) is 25.5. The Balaban J connectivity index is 0.000000629. The smallest absolute Gasteiger partial charge is 0.490 e. The molecule has 0 radical (unpaired) electrons. The molecule has 1 atom stereocenters. The molecule has 4 N–H and O–H groups in total. The van der Waals surface area contributed by atoms with Gasteiger partial charge in [0.15, 0.2) is 0 Å². The molecule has 0 bridgehead atoms. The number of imidazole rings is 1. The number of nitrogens with zero attached hydrogens (tertiary/aromatic N) is 2. The highest BCUT2D eigenvalue weighted by atomic mass is 19.4. The van der Waals surface area contributed by atoms with Crippen LogP contribution in [0.5, 0.6) is 5.75 Å². The number of halogens is 6. The van der Waals surface area contributed by atoms with Crippen LogP contribution in [-0.4, -0.2) is 88.3 Å². The number of ether oxygens (including phenoxy) is 1. The van der Waals surface area contributed by atoms with Crippen LogP contribution in [0.15, 0.2) is 30.5 Å². The first-order valence-electron chi connectivity index (χ1n) is 14.1. The predicted molar refractivity (Wildman–Crippen MR) is 153 cm³/mol. The number of ketones is 1. The van der Waals surface area contributed by atoms with Crippen LogP contribution < -0.4 is 10.1 Å². The molecule has 1 aromatic carbocycles. The van der Waals surface area contributed by atoms with Gasteiger partial charge in [-0.05, 0) is 64.9 Å². The van der Waals surface area contributed by atoms with Crippen LogP contribution in [0.3, 0.4) is 0 Å². The summed E-state index contributed by atoms with van der Waals surface area (Å²) in [7, 11) is 3.75. The number of rotatable bonds is 11. The number of methoxy groups -OCH3 is 1. The number of piperidine rings is 1. The Labute approximate surface area is 261 Å². The summed E-state index contributed by atoms with van der Waals surface area (Å²) >= 11 is 0. The number of aliphatic carboxylic acids is 2. The van der Waals surface area contributed by atoms with E-state index in [2.05, 4.69) is 27.2 Å². The molecule has 1 aliphatic rings. The maximum atomic E-state index is 13.0. The summed E-state index contributed by atoms with van der Waals surface area (Å²) in [4.78, 5) is 52.3. The van der Waals surface area contributed by atoms with Crippen molar-refractivity contribution in [2.75, 3.05) is 27.2 Å². The maximum Gasteiger partial charge on any atom is 0.490 e. The SMILES string of the molecule is COc1ccccc1-c1cnc(C(CCCCCC(C)=O)NC(=O)C2CCN(C)CC2)[nH]1.O=C(O)C(F)(F)F.O=C(O)C(F)(F)F. The Kier molecular flexibility index (Phi) is 16.2. The van der Waals surface area contributed by atoms with Crippen molar-refractivity contribution in [1.82, 2.24) is 20.2 Å². The van der Waals surface area contributed by atoms with Gasteiger partial charge < -0.3 is 34.9 Å². The number of hydrogen-bond donors (Lipinski definition) is 4. The van der Waals surface area contributed by atoms with E-state index in [0.29, 0.717) is 6.42 Å². The average molecular weight is 669 g/mol. The first-order valence-corrected chi connectivity index (χ1v) is 14.1. The number of carboxylic acids is 2. The molecule has 0 spiro atoms. The van der Waals surface area contributed by atoms with E-state index in [-0.39, 0.29) is 23.7 Å². The third-order valence-corrected chi connectivity index (χ3v) is 6.74. The number of benzene rings is 1. The molecule has 2 aromatic rings. The summed E-state index contributed by atoms with van der Waals surface area (Å²) in [6.45, 7) is 3.53. The topological polar surface area (TPSA) is 162 Å². The fourth-order valence-electron chi connectivity index (χ4n) is 4.25. The normalized spacial score (nSPS) is 14.5. The maximum absolute atomic E-state index is 13.0. The van der Waals surface area contributed by atoms with Crippen molar-refractivity contribution >= 4 is 23.6 Å². The quantitative estimate of drug-likeness (QED) is 0.182. The van der Waals surface area contributed by atoms with Crippen LogP contribution in [0.4, 0.5) is 26.3 Å². The lowest BCUT2D eigenvalue weighted by Gasteiger charge is -2.29. The van der Waals surface area contributed by atoms with Crippen molar-refractivity contribution in [3.63, 3.8) is 0 Å². The van der Waals surface area contributed by atoms with Crippen molar-refractivity contribution in [1.29, 1.82) is 0 Å². The number of carboxylic acid groups (broad SMARTS) is 2. The number of alkyl halides is 6. The van der Waals surface area contributed by atoms with E-state index in [9.17, 15) is 35.9 Å². The van der Waals surface area contributed by atoms with Gasteiger partial charge in [0, 0.05) is 17.9 Å². The molecule has 1 aromatic heterocycles. The molecule has 1 fully saturated rings. The van der Waals surface area contributed by atoms with Gasteiger partial charge in [-0.15, -0.1) is 0 Å². The first kappa shape index (κ1) is 39.9. The minimum Gasteiger partial charge on any atom is -0.496 e. The molecule has 3 rings (SSSR count). The standard InChI is InChI=1S/C25H36N4O3.2C2HF3O2/c1-18(30)9-5-4-6-11-21(28-25(31)19-13-15-29(2)16-14-19)24-26-17-22(27-24)20-10-7-8-12-23(20)32-3;2*3-2(4,5)1(6)7/h7-8,10,12,17,19,21H,4-6,9,11,13-16H2,1-3H3,(H,26,27)(H,28,31);2*(H,6,7). The number of unbranched alkanes of at least 4 members (excludes halogenated alkanes) is 2. The van der Waals surface area contributed by atoms with Crippen molar-refractivity contribution < 1.29 is 60.5 Å². The molecule has 2 heterocycles. The number of para-hydroxylation sites is 1. The van der Waals surface area contributed by atoms with Gasteiger partial charge in [0.05, 0.1) is 25.0 Å². The summed E-state index contributed by atoms with van der Waals surface area (Å²) in [5, 5.41) is 17.5. The van der Waals surface area contributed by atoms with E-state index >= 15 is 0 Å². The van der Waals surface area contributed by atoms with Crippen LogP contribution in [-0.2, 0) is 19.2 Å². The molecule has 11 nitrogen and oxygen atoms in total. The molecule has 17 heteroatoms. The summed E-state index contributed by atoms with van der Waals surface area (Å²) in [5.41, 5.74) is 1.81. The number of nitrogens with one attached hydrogen (secondary N) is 2. The van der Waals surface area contributed by atoms with E-state index in [0.717, 1.165) is 74.4 Å². The van der Waals surface area contributed by atoms with Crippen molar-refractivity contribution in [3.05, 3.63) is 36.3 Å². The number of hydrogen-bond acceptors (Lipinski definition) is 7. The van der Waals surface area contributed by atoms with Crippen LogP contribution in [0.1, 0.15) is 63.7 Å². The summed E-state index contributed by atoms with van der Waals surface area (Å²) in [5.74, 6) is -3.58. The van der Waals surface area contributed by atoms with Gasteiger partial charge in [-0.2, -0.15) is 26.3 Å². The Hall–Kier alpha value is -4.15. The summed E-state index contributed by atoms with van der Waals surface area (Å²) in [6.07, 6.45) is -2.42. The lowest BCUT2D eigenvalue weighted by Crippen LogP contribution is -2.40. The van der Waals surface area contributed by atoms with E-state index < -0.39 is 24.3 Å². The average Bonchev–Trinajstić information content (AvgIpc) is 3.46. The van der Waals surface area contributed by atoms with Gasteiger partial charge in [0.25, 0.3) is 0 Å². The Bertz CT molecular complexity index is 1250. The van der Waals surface area contributed by atoms with Gasteiger partial charge in [-0.25, -0.2) is 14.6 Å². The Morgan fingerprint density at radius 1 is 1.00 bits per heavy atom. The van der Waals surface area contributed by atoms with E-state index in [1.807, 2.05) is 24.3 Å². The Morgan fingerprint density at radius 3 is 2.04 bits per heavy atom. The number of carbonyl (C=O) groups is 4. The third-order valence-electron chi connectivity index (χ3n) is 6.74. The number of aromatic nitrogens is 2. The number of carbonyl (C=O) groups excluding carboxylic acids is 2. The number of Topliss-reactive ketones (excluding diaryl/α,β-unsaturated/α-hetero) is 1. The lowest BCUT2D eigenvalue weighted by molar-refractivity contribution is -0.193. The third kappa shape index (κ3) is 14.8. The zero-order chi connectivity index (χ0) is 35.1. The first-order chi connectivity index (χ1) is 21.4. The van der Waals surface area contributed by atoms with Gasteiger partial charge >= 0.3 is 24.3 Å². The molecule has 1 saturated heterocycles. The zero-order valence-electron chi connectivity index (χ0n) is 25.5. The van der Waals surface area contributed by atoms with Crippen molar-refractivity contribution in [2.24, 2.45) is 5.92 Å². The van der Waals surface area contributed by atoms with Gasteiger partial charge in [0.1, 0.15) is 17.4 Å². The highest BCUT2D eigenvalue weighted by molar-refractivity contribution is 5.79. The van der Waals surface area contributed by atoms with Crippen LogP contribution in [0.25, 0.3) is 11.3 Å². The van der Waals surface area contributed by atoms with E-state index in [4.69, 9.17) is 24.5 Å². The molecule has 0 aliphatic carbocycles. The molecule has 0 saturated carbocycles. The molecule has 46 heavy (non-hydrogen) atoms. The lowest BCUT2D eigenvalue weighted by atomic mass is 9.95. The van der Waals surface area contributed by atoms with E-state index in [1.165, 1.54) is 0 Å². The second-order valence-electron chi connectivity index (χ2n) is 10.4. The predicted octanol–water partition coefficient (Wildman–Crippen LogP) is 5.39. The Morgan fingerprint density at radius 2 is 1.54 bits per heavy atom. The number of likely N-dealkylation sites (tertiary alicyclic amines) is 1. The van der Waals surface area contributed by atoms with Gasteiger partial charge in [-0.1, -0.05) is 25.0 Å². The fourth-order valence-corrected chi connectivity index (χ4v) is 4.25. The molecule has 258 valence electrons. The van der Waals surface area contributed by atoms with Crippen molar-refractivity contribution in [2.45, 2.75) is 70.3 Å². The molecule has 1 unspecified atom stereocenters. The van der Waals surface area contributed by atoms with Crippen LogP contribution in [0.2, 0.25) is 0 Å².